The third kappa shape index (κ3) is 3.70. The molecule has 0 spiro atoms. The van der Waals surface area contributed by atoms with Gasteiger partial charge < -0.3 is 11.1 Å². The molecule has 1 rings (SSSR count). The summed E-state index contributed by atoms with van der Waals surface area (Å²) in [6.45, 7) is 1.21. The fourth-order valence-electron chi connectivity index (χ4n) is 0.942. The summed E-state index contributed by atoms with van der Waals surface area (Å²) in [5.74, 6) is 0.109. The van der Waals surface area contributed by atoms with Crippen molar-refractivity contribution in [2.75, 3.05) is 11.9 Å². The van der Waals surface area contributed by atoms with Crippen LogP contribution in [0.2, 0.25) is 0 Å². The van der Waals surface area contributed by atoms with E-state index >= 15 is 0 Å². The lowest BCUT2D eigenvalue weighted by atomic mass is 10.3. The quantitative estimate of drug-likeness (QED) is 0.761. The number of alkyl halides is 2. The summed E-state index contributed by atoms with van der Waals surface area (Å²) in [5.41, 5.74) is 6.36. The zero-order valence-electron chi connectivity index (χ0n) is 8.00. The smallest absolute Gasteiger partial charge is 0.255 e. The molecule has 0 bridgehead atoms. The second-order valence-corrected chi connectivity index (χ2v) is 3.29. The van der Waals surface area contributed by atoms with E-state index in [0.717, 1.165) is 0 Å². The Morgan fingerprint density at radius 1 is 1.60 bits per heavy atom. The maximum Gasteiger partial charge on any atom is 0.255 e. The van der Waals surface area contributed by atoms with Crippen LogP contribution in [-0.4, -0.2) is 27.9 Å². The van der Waals surface area contributed by atoms with Crippen LogP contribution in [0, 0.1) is 6.92 Å². The van der Waals surface area contributed by atoms with E-state index in [9.17, 15) is 8.78 Å². The van der Waals surface area contributed by atoms with Gasteiger partial charge >= 0.3 is 0 Å². The average molecular weight is 232 g/mol. The second kappa shape index (κ2) is 4.92. The molecule has 0 aliphatic carbocycles. The molecule has 1 aromatic heterocycles. The number of rotatable bonds is 4. The molecule has 0 aliphatic heterocycles. The molecule has 0 saturated carbocycles. The average Bonchev–Trinajstić information content (AvgIpc) is 2.13. The van der Waals surface area contributed by atoms with Gasteiger partial charge in [0.1, 0.15) is 10.7 Å². The van der Waals surface area contributed by atoms with Gasteiger partial charge in [-0.05, 0) is 13.0 Å². The molecule has 0 atom stereocenters. The van der Waals surface area contributed by atoms with Gasteiger partial charge in [-0.25, -0.2) is 18.7 Å². The molecule has 0 aliphatic rings. The summed E-state index contributed by atoms with van der Waals surface area (Å²) in [6.07, 6.45) is -2.46. The predicted octanol–water partition coefficient (Wildman–Crippen LogP) is 1.10. The molecule has 7 heteroatoms. The second-order valence-electron chi connectivity index (χ2n) is 2.85. The first-order chi connectivity index (χ1) is 6.99. The number of anilines is 1. The van der Waals surface area contributed by atoms with E-state index in [2.05, 4.69) is 15.3 Å². The van der Waals surface area contributed by atoms with Crippen molar-refractivity contribution in [3.63, 3.8) is 0 Å². The zero-order chi connectivity index (χ0) is 11.4. The van der Waals surface area contributed by atoms with E-state index in [-0.39, 0.29) is 10.9 Å². The van der Waals surface area contributed by atoms with E-state index in [1.54, 1.807) is 13.0 Å². The van der Waals surface area contributed by atoms with E-state index in [4.69, 9.17) is 18.0 Å². The molecule has 4 nitrogen and oxygen atoms in total. The van der Waals surface area contributed by atoms with Gasteiger partial charge in [0.25, 0.3) is 6.43 Å². The van der Waals surface area contributed by atoms with Crippen molar-refractivity contribution in [2.45, 2.75) is 13.3 Å². The molecule has 82 valence electrons. The molecule has 1 aromatic rings. The van der Waals surface area contributed by atoms with Crippen LogP contribution in [0.4, 0.5) is 14.7 Å². The van der Waals surface area contributed by atoms with Crippen LogP contribution in [-0.2, 0) is 0 Å². The van der Waals surface area contributed by atoms with Crippen molar-refractivity contribution in [1.82, 2.24) is 9.97 Å². The van der Waals surface area contributed by atoms with Crippen LogP contribution in [0.5, 0.6) is 0 Å². The van der Waals surface area contributed by atoms with Crippen molar-refractivity contribution in [2.24, 2.45) is 5.73 Å². The van der Waals surface area contributed by atoms with Gasteiger partial charge in [-0.1, -0.05) is 12.2 Å². The van der Waals surface area contributed by atoms with Crippen LogP contribution in [0.15, 0.2) is 6.07 Å². The van der Waals surface area contributed by atoms with Gasteiger partial charge in [-0.2, -0.15) is 0 Å². The largest absolute Gasteiger partial charge is 0.388 e. The third-order valence-electron chi connectivity index (χ3n) is 1.52. The lowest BCUT2D eigenvalue weighted by Crippen LogP contribution is -2.17. The van der Waals surface area contributed by atoms with E-state index in [1.165, 1.54) is 0 Å². The van der Waals surface area contributed by atoms with E-state index < -0.39 is 13.0 Å². The highest BCUT2D eigenvalue weighted by Gasteiger charge is 2.06. The molecule has 0 unspecified atom stereocenters. The van der Waals surface area contributed by atoms with Crippen molar-refractivity contribution in [3.8, 4) is 0 Å². The maximum absolute atomic E-state index is 11.9. The molecule has 1 heterocycles. The number of hydrogen-bond donors (Lipinski definition) is 2. The molecule has 0 aromatic carbocycles. The summed E-state index contributed by atoms with van der Waals surface area (Å²) in [5, 5.41) is 2.39. The third-order valence-corrected chi connectivity index (χ3v) is 1.73. The van der Waals surface area contributed by atoms with Crippen LogP contribution in [0.3, 0.4) is 0 Å². The van der Waals surface area contributed by atoms with Crippen LogP contribution >= 0.6 is 12.2 Å². The summed E-state index contributed by atoms with van der Waals surface area (Å²) in [4.78, 5) is 7.91. The molecule has 0 radical (unpaired) electrons. The first-order valence-electron chi connectivity index (χ1n) is 4.16. The van der Waals surface area contributed by atoms with Gasteiger partial charge in [0, 0.05) is 5.69 Å². The van der Waals surface area contributed by atoms with Crippen molar-refractivity contribution in [1.29, 1.82) is 0 Å². The molecule has 0 amide bonds. The number of aromatic nitrogens is 2. The van der Waals surface area contributed by atoms with Crippen LogP contribution < -0.4 is 11.1 Å². The lowest BCUT2D eigenvalue weighted by Gasteiger charge is -2.06. The number of nitrogens with one attached hydrogen (secondary N) is 1. The molecule has 0 fully saturated rings. The van der Waals surface area contributed by atoms with E-state index in [0.29, 0.717) is 11.4 Å². The van der Waals surface area contributed by atoms with Gasteiger partial charge in [0.15, 0.2) is 0 Å². The number of nitrogens with two attached hydrogens (primary N) is 1. The predicted molar refractivity (Wildman–Crippen MR) is 57.2 cm³/mol. The number of hydrogen-bond acceptors (Lipinski definition) is 4. The number of nitrogens with zero attached hydrogens (tertiary/aromatic N) is 2. The maximum atomic E-state index is 11.9. The minimum atomic E-state index is -2.46. The first kappa shape index (κ1) is 11.7. The van der Waals surface area contributed by atoms with Crippen molar-refractivity contribution < 1.29 is 8.78 Å². The normalized spacial score (nSPS) is 10.4. The van der Waals surface area contributed by atoms with Crippen LogP contribution in [0.25, 0.3) is 0 Å². The van der Waals surface area contributed by atoms with Crippen molar-refractivity contribution in [3.05, 3.63) is 17.5 Å². The minimum absolute atomic E-state index is 0.109. The standard InChI is InChI=1S/C8H10F2N4S/c1-4-2-5(7(11)15)14-8(13-4)12-3-6(9)10/h2,6H,3H2,1H3,(H2,11,15)(H,12,13,14). The number of thiocarbonyl (C=S) groups is 1. The molecular weight excluding hydrogens is 222 g/mol. The highest BCUT2D eigenvalue weighted by Crippen LogP contribution is 2.05. The summed E-state index contributed by atoms with van der Waals surface area (Å²) < 4.78 is 23.8. The Morgan fingerprint density at radius 2 is 2.27 bits per heavy atom. The van der Waals surface area contributed by atoms with Gasteiger partial charge in [-0.3, -0.25) is 0 Å². The Labute approximate surface area is 90.9 Å². The fraction of sp³-hybridized carbons (Fsp3) is 0.375. The van der Waals surface area contributed by atoms with Crippen molar-refractivity contribution >= 4 is 23.2 Å². The highest BCUT2D eigenvalue weighted by atomic mass is 32.1. The van der Waals surface area contributed by atoms with Gasteiger partial charge in [-0.15, -0.1) is 0 Å². The highest BCUT2D eigenvalue weighted by molar-refractivity contribution is 7.80. The Balaban J connectivity index is 2.84. The summed E-state index contributed by atoms with van der Waals surface area (Å²) in [6, 6.07) is 1.59. The Bertz CT molecular complexity index is 370. The SMILES string of the molecule is Cc1cc(C(N)=S)nc(NCC(F)F)n1. The van der Waals surface area contributed by atoms with E-state index in [1.807, 2.05) is 0 Å². The molecule has 0 saturated heterocycles. The minimum Gasteiger partial charge on any atom is -0.388 e. The fourth-order valence-corrected chi connectivity index (χ4v) is 1.05. The summed E-state index contributed by atoms with van der Waals surface area (Å²) >= 11 is 4.73. The monoisotopic (exact) mass is 232 g/mol. The number of aryl methyl sites for hydroxylation is 1. The topological polar surface area (TPSA) is 63.8 Å². The van der Waals surface area contributed by atoms with Gasteiger partial charge in [0.05, 0.1) is 6.54 Å². The van der Waals surface area contributed by atoms with Gasteiger partial charge in [0.2, 0.25) is 5.95 Å². The summed E-state index contributed by atoms with van der Waals surface area (Å²) in [7, 11) is 0. The van der Waals surface area contributed by atoms with Crippen LogP contribution in [0.1, 0.15) is 11.4 Å². The Morgan fingerprint density at radius 3 is 2.80 bits per heavy atom. The lowest BCUT2D eigenvalue weighted by molar-refractivity contribution is 0.163. The molecule has 3 N–H and O–H groups in total. The zero-order valence-corrected chi connectivity index (χ0v) is 8.81. The first-order valence-corrected chi connectivity index (χ1v) is 4.57. The Hall–Kier alpha value is -1.37. The number of halogens is 2. The molecule has 15 heavy (non-hydrogen) atoms. The Kier molecular flexibility index (Phi) is 3.84. The molecular formula is C8H10F2N4S.